The zero-order chi connectivity index (χ0) is 20.2. The minimum absolute atomic E-state index is 0.166. The van der Waals surface area contributed by atoms with Gasteiger partial charge in [-0.05, 0) is 49.2 Å². The van der Waals surface area contributed by atoms with Crippen LogP contribution in [-0.2, 0) is 0 Å². The molecule has 4 nitrogen and oxygen atoms in total. The number of rotatable bonds is 11. The number of anilines is 2. The normalized spacial score (nSPS) is 11.4. The first kappa shape index (κ1) is 21.7. The molecular weight excluding hydrogens is 348 g/mol. The van der Waals surface area contributed by atoms with Crippen LogP contribution < -0.4 is 9.80 Å². The predicted octanol–water partition coefficient (Wildman–Crippen LogP) is 4.05. The Balaban J connectivity index is 1.94. The molecule has 0 amide bonds. The van der Waals surface area contributed by atoms with Gasteiger partial charge in [-0.1, -0.05) is 48.6 Å². The molecule has 0 aromatic heterocycles. The van der Waals surface area contributed by atoms with E-state index in [-0.39, 0.29) is 13.2 Å². The summed E-state index contributed by atoms with van der Waals surface area (Å²) in [4.78, 5) is 4.30. The Bertz CT molecular complexity index is 671. The molecule has 0 saturated heterocycles. The van der Waals surface area contributed by atoms with Crippen molar-refractivity contribution in [1.29, 1.82) is 0 Å². The van der Waals surface area contributed by atoms with Crippen molar-refractivity contribution >= 4 is 23.5 Å². The molecular formula is C24H32N2O2. The Labute approximate surface area is 169 Å². The molecule has 0 spiro atoms. The highest BCUT2D eigenvalue weighted by molar-refractivity contribution is 5.61. The fourth-order valence-electron chi connectivity index (χ4n) is 3.11. The predicted molar refractivity (Wildman–Crippen MR) is 121 cm³/mol. The van der Waals surface area contributed by atoms with E-state index >= 15 is 0 Å². The van der Waals surface area contributed by atoms with Crippen LogP contribution >= 0.6 is 0 Å². The zero-order valence-electron chi connectivity index (χ0n) is 17.0. The summed E-state index contributed by atoms with van der Waals surface area (Å²) >= 11 is 0. The van der Waals surface area contributed by atoms with Gasteiger partial charge in [0.2, 0.25) is 0 Å². The number of hydrogen-bond donors (Lipinski definition) is 2. The van der Waals surface area contributed by atoms with E-state index in [0.717, 1.165) is 35.6 Å². The van der Waals surface area contributed by atoms with Crippen LogP contribution in [0.3, 0.4) is 0 Å². The second-order valence-corrected chi connectivity index (χ2v) is 6.51. The summed E-state index contributed by atoms with van der Waals surface area (Å²) < 4.78 is 0. The lowest BCUT2D eigenvalue weighted by Crippen LogP contribution is -2.25. The van der Waals surface area contributed by atoms with E-state index in [4.69, 9.17) is 10.2 Å². The van der Waals surface area contributed by atoms with Crippen molar-refractivity contribution in [2.24, 2.45) is 0 Å². The lowest BCUT2D eigenvalue weighted by atomic mass is 10.1. The monoisotopic (exact) mass is 380 g/mol. The van der Waals surface area contributed by atoms with E-state index in [1.807, 2.05) is 12.2 Å². The lowest BCUT2D eigenvalue weighted by Gasteiger charge is -2.21. The molecule has 0 aliphatic heterocycles. The number of likely N-dealkylation sites (N-methyl/N-ethyl adjacent to an activating group) is 2. The van der Waals surface area contributed by atoms with Crippen LogP contribution in [0.4, 0.5) is 11.4 Å². The second kappa shape index (κ2) is 12.0. The van der Waals surface area contributed by atoms with Gasteiger partial charge in [-0.25, -0.2) is 0 Å². The van der Waals surface area contributed by atoms with Crippen LogP contribution in [0.25, 0.3) is 12.2 Å². The minimum atomic E-state index is 0.166. The molecule has 0 aliphatic rings. The first-order valence-corrected chi connectivity index (χ1v) is 9.98. The van der Waals surface area contributed by atoms with Gasteiger partial charge >= 0.3 is 0 Å². The highest BCUT2D eigenvalue weighted by Gasteiger charge is 2.03. The van der Waals surface area contributed by atoms with Crippen LogP contribution in [-0.4, -0.2) is 49.6 Å². The fraction of sp³-hybridized carbons (Fsp3) is 0.333. The topological polar surface area (TPSA) is 46.9 Å². The Hall–Kier alpha value is -2.56. The Morgan fingerprint density at radius 3 is 1.29 bits per heavy atom. The lowest BCUT2D eigenvalue weighted by molar-refractivity contribution is 0.302. The number of benzene rings is 2. The number of hydrogen-bond acceptors (Lipinski definition) is 4. The van der Waals surface area contributed by atoms with Crippen molar-refractivity contribution < 1.29 is 10.2 Å². The number of aliphatic hydroxyl groups excluding tert-OH is 2. The third-order valence-corrected chi connectivity index (χ3v) is 4.71. The van der Waals surface area contributed by atoms with Gasteiger partial charge in [0.25, 0.3) is 0 Å². The van der Waals surface area contributed by atoms with Crippen LogP contribution in [0.5, 0.6) is 0 Å². The molecule has 0 bridgehead atoms. The molecule has 4 heteroatoms. The van der Waals surface area contributed by atoms with Gasteiger partial charge in [-0.2, -0.15) is 0 Å². The Morgan fingerprint density at radius 2 is 1.00 bits per heavy atom. The summed E-state index contributed by atoms with van der Waals surface area (Å²) in [6.45, 7) is 7.59. The number of allylic oxidation sites excluding steroid dienone is 2. The van der Waals surface area contributed by atoms with Crippen molar-refractivity contribution in [3.8, 4) is 0 Å². The van der Waals surface area contributed by atoms with Crippen molar-refractivity contribution in [2.75, 3.05) is 49.2 Å². The molecule has 0 atom stereocenters. The zero-order valence-corrected chi connectivity index (χ0v) is 17.0. The SMILES string of the molecule is CCN(CCO)c1ccc(/C=C/C=C/c2ccc(N(CC)CCO)cc2)cc1. The maximum Gasteiger partial charge on any atom is 0.0606 e. The van der Waals surface area contributed by atoms with Crippen LogP contribution in [0, 0.1) is 0 Å². The number of aliphatic hydroxyl groups is 2. The standard InChI is InChI=1S/C24H32N2O2/c1-3-25(17-19-27)23-13-9-21(10-14-23)7-5-6-8-22-11-15-24(16-12-22)26(4-2)18-20-28/h5-16,27-28H,3-4,17-20H2,1-2H3/b7-5+,8-6+. The Kier molecular flexibility index (Phi) is 9.32. The molecule has 0 unspecified atom stereocenters. The van der Waals surface area contributed by atoms with E-state index in [1.54, 1.807) is 0 Å². The molecule has 2 aromatic rings. The first-order valence-electron chi connectivity index (χ1n) is 9.98. The molecule has 0 fully saturated rings. The molecule has 0 saturated carbocycles. The van der Waals surface area contributed by atoms with Crippen LogP contribution in [0.2, 0.25) is 0 Å². The molecule has 150 valence electrons. The van der Waals surface area contributed by atoms with Crippen molar-refractivity contribution in [1.82, 2.24) is 0 Å². The van der Waals surface area contributed by atoms with Gasteiger partial charge < -0.3 is 20.0 Å². The molecule has 0 radical (unpaired) electrons. The summed E-state index contributed by atoms with van der Waals surface area (Å²) in [5.41, 5.74) is 4.55. The van der Waals surface area contributed by atoms with E-state index in [0.29, 0.717) is 13.1 Å². The molecule has 2 N–H and O–H groups in total. The second-order valence-electron chi connectivity index (χ2n) is 6.51. The highest BCUT2D eigenvalue weighted by Crippen LogP contribution is 2.17. The molecule has 0 aliphatic carbocycles. The maximum atomic E-state index is 9.13. The average molecular weight is 381 g/mol. The minimum Gasteiger partial charge on any atom is -0.395 e. The quantitative estimate of drug-likeness (QED) is 0.578. The van der Waals surface area contributed by atoms with Crippen molar-refractivity contribution in [3.63, 3.8) is 0 Å². The van der Waals surface area contributed by atoms with E-state index < -0.39 is 0 Å². The van der Waals surface area contributed by atoms with Crippen LogP contribution in [0.15, 0.2) is 60.7 Å². The van der Waals surface area contributed by atoms with Gasteiger partial charge in [0.05, 0.1) is 13.2 Å². The average Bonchev–Trinajstić information content (AvgIpc) is 2.74. The van der Waals surface area contributed by atoms with Gasteiger partial charge in [0.15, 0.2) is 0 Å². The highest BCUT2D eigenvalue weighted by atomic mass is 16.3. The Morgan fingerprint density at radius 1 is 0.643 bits per heavy atom. The number of nitrogens with zero attached hydrogens (tertiary/aromatic N) is 2. The largest absolute Gasteiger partial charge is 0.395 e. The van der Waals surface area contributed by atoms with Crippen molar-refractivity contribution in [3.05, 3.63) is 71.8 Å². The third-order valence-electron chi connectivity index (χ3n) is 4.71. The summed E-state index contributed by atoms with van der Waals surface area (Å²) in [5, 5.41) is 18.3. The molecule has 2 aromatic carbocycles. The van der Waals surface area contributed by atoms with Gasteiger partial charge in [-0.3, -0.25) is 0 Å². The maximum absolute atomic E-state index is 9.13. The summed E-state index contributed by atoms with van der Waals surface area (Å²) in [7, 11) is 0. The first-order chi connectivity index (χ1) is 13.7. The van der Waals surface area contributed by atoms with E-state index in [2.05, 4.69) is 84.3 Å². The summed E-state index contributed by atoms with van der Waals surface area (Å²) in [5.74, 6) is 0. The van der Waals surface area contributed by atoms with E-state index in [9.17, 15) is 0 Å². The summed E-state index contributed by atoms with van der Waals surface area (Å²) in [6, 6.07) is 16.7. The molecule has 0 heterocycles. The smallest absolute Gasteiger partial charge is 0.0606 e. The van der Waals surface area contributed by atoms with Crippen molar-refractivity contribution in [2.45, 2.75) is 13.8 Å². The van der Waals surface area contributed by atoms with Gasteiger partial charge in [0, 0.05) is 37.6 Å². The molecule has 2 rings (SSSR count). The molecule has 28 heavy (non-hydrogen) atoms. The van der Waals surface area contributed by atoms with Gasteiger partial charge in [-0.15, -0.1) is 0 Å². The van der Waals surface area contributed by atoms with Crippen LogP contribution in [0.1, 0.15) is 25.0 Å². The summed E-state index contributed by atoms with van der Waals surface area (Å²) in [6.07, 6.45) is 8.24. The van der Waals surface area contributed by atoms with E-state index in [1.165, 1.54) is 0 Å². The fourth-order valence-corrected chi connectivity index (χ4v) is 3.11. The van der Waals surface area contributed by atoms with Gasteiger partial charge in [0.1, 0.15) is 0 Å². The third kappa shape index (κ3) is 6.55.